The van der Waals surface area contributed by atoms with Gasteiger partial charge in [-0.1, -0.05) is 12.5 Å². The molecule has 0 radical (unpaired) electrons. The number of carboxylic acids is 1. The third-order valence-electron chi connectivity index (χ3n) is 3.30. The van der Waals surface area contributed by atoms with Crippen LogP contribution >= 0.6 is 11.3 Å². The van der Waals surface area contributed by atoms with Crippen LogP contribution in [0, 0.1) is 5.41 Å². The first-order chi connectivity index (χ1) is 8.12. The highest BCUT2D eigenvalue weighted by molar-refractivity contribution is 7.09. The first-order valence-electron chi connectivity index (χ1n) is 5.65. The molecule has 2 N–H and O–H groups in total. The van der Waals surface area contributed by atoms with Gasteiger partial charge in [-0.25, -0.2) is 0 Å². The molecule has 92 valence electrons. The lowest BCUT2D eigenvalue weighted by Gasteiger charge is -2.36. The summed E-state index contributed by atoms with van der Waals surface area (Å²) in [5.74, 6) is -1.00. The van der Waals surface area contributed by atoms with Gasteiger partial charge in [0.25, 0.3) is 0 Å². The topological polar surface area (TPSA) is 66.4 Å². The Bertz CT molecular complexity index is 409. The fourth-order valence-corrected chi connectivity index (χ4v) is 2.68. The van der Waals surface area contributed by atoms with Gasteiger partial charge < -0.3 is 10.4 Å². The van der Waals surface area contributed by atoms with Crippen LogP contribution in [0.5, 0.6) is 0 Å². The Morgan fingerprint density at radius 3 is 2.71 bits per heavy atom. The molecule has 1 aromatic heterocycles. The van der Waals surface area contributed by atoms with Gasteiger partial charge in [0.05, 0.1) is 12.0 Å². The Morgan fingerprint density at radius 1 is 1.47 bits per heavy atom. The predicted octanol–water partition coefficient (Wildman–Crippen LogP) is 2.01. The number of carbonyl (C=O) groups excluding carboxylic acids is 1. The molecule has 0 aliphatic heterocycles. The molecule has 0 aromatic carbocycles. The minimum absolute atomic E-state index is 0.105. The zero-order chi connectivity index (χ0) is 12.3. The second-order valence-corrected chi connectivity index (χ2v) is 5.50. The molecule has 0 spiro atoms. The Hall–Kier alpha value is -1.36. The number of carboxylic acid groups (broad SMARTS) is 1. The van der Waals surface area contributed by atoms with Crippen molar-refractivity contribution in [3.8, 4) is 0 Å². The molecular formula is C12H15NO3S. The molecule has 0 saturated heterocycles. The highest BCUT2D eigenvalue weighted by atomic mass is 32.1. The van der Waals surface area contributed by atoms with E-state index in [1.807, 2.05) is 17.5 Å². The van der Waals surface area contributed by atoms with Gasteiger partial charge in [-0.15, -0.1) is 11.3 Å². The number of amides is 1. The molecular weight excluding hydrogens is 238 g/mol. The standard InChI is InChI=1S/C12H15NO3S/c14-10(13-8-9-3-1-6-17-9)7-12(11(15)16)4-2-5-12/h1,3,6H,2,4-5,7-8H2,(H,13,14)(H,15,16). The van der Waals surface area contributed by atoms with Gasteiger partial charge in [-0.2, -0.15) is 0 Å². The summed E-state index contributed by atoms with van der Waals surface area (Å²) in [5, 5.41) is 13.8. The van der Waals surface area contributed by atoms with Crippen LogP contribution in [-0.2, 0) is 16.1 Å². The van der Waals surface area contributed by atoms with E-state index in [-0.39, 0.29) is 12.3 Å². The lowest BCUT2D eigenvalue weighted by molar-refractivity contribution is -0.157. The second-order valence-electron chi connectivity index (χ2n) is 4.47. The zero-order valence-electron chi connectivity index (χ0n) is 9.44. The van der Waals surface area contributed by atoms with Gasteiger partial charge in [0.15, 0.2) is 0 Å². The third-order valence-corrected chi connectivity index (χ3v) is 4.18. The zero-order valence-corrected chi connectivity index (χ0v) is 10.3. The van der Waals surface area contributed by atoms with E-state index < -0.39 is 11.4 Å². The van der Waals surface area contributed by atoms with Crippen LogP contribution in [0.15, 0.2) is 17.5 Å². The Labute approximate surface area is 104 Å². The molecule has 1 aliphatic rings. The van der Waals surface area contributed by atoms with Crippen molar-refractivity contribution >= 4 is 23.2 Å². The predicted molar refractivity (Wildman–Crippen MR) is 64.7 cm³/mol. The molecule has 5 heteroatoms. The van der Waals surface area contributed by atoms with Gasteiger partial charge >= 0.3 is 5.97 Å². The SMILES string of the molecule is O=C(CC1(C(=O)O)CCC1)NCc1cccs1. The lowest BCUT2D eigenvalue weighted by atomic mass is 9.66. The van der Waals surface area contributed by atoms with Crippen LogP contribution in [0.4, 0.5) is 0 Å². The molecule has 2 rings (SSSR count). The van der Waals surface area contributed by atoms with Crippen LogP contribution in [0.25, 0.3) is 0 Å². The molecule has 1 heterocycles. The van der Waals surface area contributed by atoms with E-state index in [0.717, 1.165) is 11.3 Å². The normalized spacial score (nSPS) is 17.2. The van der Waals surface area contributed by atoms with E-state index in [4.69, 9.17) is 5.11 Å². The van der Waals surface area contributed by atoms with Crippen LogP contribution in [0.1, 0.15) is 30.6 Å². The van der Waals surface area contributed by atoms with Gasteiger partial charge in [-0.05, 0) is 24.3 Å². The van der Waals surface area contributed by atoms with Crippen LogP contribution in [0.2, 0.25) is 0 Å². The van der Waals surface area contributed by atoms with E-state index in [0.29, 0.717) is 19.4 Å². The minimum atomic E-state index is -0.838. The number of aliphatic carboxylic acids is 1. The Kier molecular flexibility index (Phi) is 3.47. The number of hydrogen-bond donors (Lipinski definition) is 2. The molecule has 0 unspecified atom stereocenters. The van der Waals surface area contributed by atoms with Crippen molar-refractivity contribution in [2.24, 2.45) is 5.41 Å². The Morgan fingerprint density at radius 2 is 2.24 bits per heavy atom. The fraction of sp³-hybridized carbons (Fsp3) is 0.500. The quantitative estimate of drug-likeness (QED) is 0.843. The molecule has 1 saturated carbocycles. The maximum Gasteiger partial charge on any atom is 0.310 e. The minimum Gasteiger partial charge on any atom is -0.481 e. The molecule has 0 bridgehead atoms. The smallest absolute Gasteiger partial charge is 0.310 e. The average molecular weight is 253 g/mol. The summed E-state index contributed by atoms with van der Waals surface area (Å²) in [6.07, 6.45) is 2.25. The maximum absolute atomic E-state index is 11.7. The summed E-state index contributed by atoms with van der Waals surface area (Å²) in [6.45, 7) is 0.492. The summed E-state index contributed by atoms with van der Waals surface area (Å²) >= 11 is 1.58. The van der Waals surface area contributed by atoms with E-state index in [2.05, 4.69) is 5.32 Å². The number of rotatable bonds is 5. The van der Waals surface area contributed by atoms with Crippen LogP contribution in [-0.4, -0.2) is 17.0 Å². The summed E-state index contributed by atoms with van der Waals surface area (Å²) in [5.41, 5.74) is -0.792. The summed E-state index contributed by atoms with van der Waals surface area (Å²) < 4.78 is 0. The summed E-state index contributed by atoms with van der Waals surface area (Å²) in [7, 11) is 0. The van der Waals surface area contributed by atoms with E-state index in [1.165, 1.54) is 0 Å². The van der Waals surface area contributed by atoms with Crippen molar-refractivity contribution < 1.29 is 14.7 Å². The highest BCUT2D eigenvalue weighted by Gasteiger charge is 2.45. The van der Waals surface area contributed by atoms with Crippen LogP contribution in [0.3, 0.4) is 0 Å². The van der Waals surface area contributed by atoms with E-state index >= 15 is 0 Å². The van der Waals surface area contributed by atoms with Gasteiger partial charge in [0.2, 0.25) is 5.91 Å². The van der Waals surface area contributed by atoms with Crippen molar-refractivity contribution in [1.82, 2.24) is 5.32 Å². The first-order valence-corrected chi connectivity index (χ1v) is 6.53. The highest BCUT2D eigenvalue weighted by Crippen LogP contribution is 2.44. The Balaban J connectivity index is 1.83. The molecule has 17 heavy (non-hydrogen) atoms. The molecule has 1 amide bonds. The average Bonchev–Trinajstić information content (AvgIpc) is 2.72. The molecule has 1 aromatic rings. The maximum atomic E-state index is 11.7. The summed E-state index contributed by atoms with van der Waals surface area (Å²) in [6, 6.07) is 3.87. The second kappa shape index (κ2) is 4.87. The fourth-order valence-electron chi connectivity index (χ4n) is 2.04. The molecule has 4 nitrogen and oxygen atoms in total. The van der Waals surface area contributed by atoms with Crippen molar-refractivity contribution in [3.05, 3.63) is 22.4 Å². The molecule has 0 atom stereocenters. The van der Waals surface area contributed by atoms with Crippen LogP contribution < -0.4 is 5.32 Å². The van der Waals surface area contributed by atoms with Crippen molar-refractivity contribution in [2.75, 3.05) is 0 Å². The number of nitrogens with one attached hydrogen (secondary N) is 1. The van der Waals surface area contributed by atoms with Crippen molar-refractivity contribution in [3.63, 3.8) is 0 Å². The largest absolute Gasteiger partial charge is 0.481 e. The molecule has 1 aliphatic carbocycles. The molecule has 1 fully saturated rings. The number of hydrogen-bond acceptors (Lipinski definition) is 3. The van der Waals surface area contributed by atoms with Gasteiger partial charge in [0.1, 0.15) is 0 Å². The third kappa shape index (κ3) is 2.66. The number of carbonyl (C=O) groups is 2. The number of thiophene rings is 1. The lowest BCUT2D eigenvalue weighted by Crippen LogP contribution is -2.42. The monoisotopic (exact) mass is 253 g/mol. The summed E-state index contributed by atoms with van der Waals surface area (Å²) in [4.78, 5) is 23.9. The van der Waals surface area contributed by atoms with Gasteiger partial charge in [-0.3, -0.25) is 9.59 Å². The van der Waals surface area contributed by atoms with E-state index in [9.17, 15) is 9.59 Å². The van der Waals surface area contributed by atoms with E-state index in [1.54, 1.807) is 11.3 Å². The van der Waals surface area contributed by atoms with Crippen molar-refractivity contribution in [1.29, 1.82) is 0 Å². The first kappa shape index (κ1) is 12.1. The van der Waals surface area contributed by atoms with Crippen molar-refractivity contribution in [2.45, 2.75) is 32.2 Å². The van der Waals surface area contributed by atoms with Gasteiger partial charge in [0, 0.05) is 11.3 Å².